The summed E-state index contributed by atoms with van der Waals surface area (Å²) in [5, 5.41) is 5.25. The summed E-state index contributed by atoms with van der Waals surface area (Å²) >= 11 is 0. The predicted molar refractivity (Wildman–Crippen MR) is 61.3 cm³/mol. The van der Waals surface area contributed by atoms with Crippen LogP contribution in [0.15, 0.2) is 12.1 Å². The third-order valence-electron chi connectivity index (χ3n) is 2.50. The number of aromatic nitrogens is 3. The highest BCUT2D eigenvalue weighted by Crippen LogP contribution is 2.15. The number of carbonyl (C=O) groups is 1. The zero-order chi connectivity index (χ0) is 11.9. The monoisotopic (exact) mass is 218 g/mol. The van der Waals surface area contributed by atoms with Gasteiger partial charge in [-0.3, -0.25) is 9.48 Å². The van der Waals surface area contributed by atoms with Gasteiger partial charge >= 0.3 is 0 Å². The van der Waals surface area contributed by atoms with Gasteiger partial charge in [0.15, 0.2) is 5.65 Å². The Morgan fingerprint density at radius 3 is 2.69 bits per heavy atom. The molecule has 2 rings (SSSR count). The zero-order valence-electron chi connectivity index (χ0n) is 9.85. The molecule has 0 aliphatic heterocycles. The van der Waals surface area contributed by atoms with Gasteiger partial charge in [0.05, 0.1) is 5.69 Å². The Balaban J connectivity index is 2.60. The van der Waals surface area contributed by atoms with Crippen molar-refractivity contribution < 1.29 is 4.79 Å². The fourth-order valence-corrected chi connectivity index (χ4v) is 1.65. The van der Waals surface area contributed by atoms with E-state index in [-0.39, 0.29) is 5.91 Å². The molecule has 0 spiro atoms. The highest BCUT2D eigenvalue weighted by Gasteiger charge is 2.13. The third kappa shape index (κ3) is 1.54. The van der Waals surface area contributed by atoms with Gasteiger partial charge in [-0.05, 0) is 19.1 Å². The van der Waals surface area contributed by atoms with Gasteiger partial charge in [0, 0.05) is 26.5 Å². The number of amides is 1. The van der Waals surface area contributed by atoms with E-state index in [0.29, 0.717) is 5.69 Å². The maximum absolute atomic E-state index is 11.7. The number of fused-ring (bicyclic) bond motifs is 1. The third-order valence-corrected chi connectivity index (χ3v) is 2.50. The molecule has 0 unspecified atom stereocenters. The molecule has 0 bridgehead atoms. The molecule has 0 radical (unpaired) electrons. The lowest BCUT2D eigenvalue weighted by molar-refractivity contribution is 0.0822. The topological polar surface area (TPSA) is 51.0 Å². The SMILES string of the molecule is Cc1nn(C)c2nc(C(=O)N(C)C)ccc12. The van der Waals surface area contributed by atoms with Crippen molar-refractivity contribution >= 4 is 16.9 Å². The Hall–Kier alpha value is -1.91. The molecule has 0 N–H and O–H groups in total. The van der Waals surface area contributed by atoms with Crippen LogP contribution in [0.5, 0.6) is 0 Å². The molecule has 1 amide bonds. The van der Waals surface area contributed by atoms with E-state index in [4.69, 9.17) is 0 Å². The first-order valence-corrected chi connectivity index (χ1v) is 5.02. The second kappa shape index (κ2) is 3.59. The summed E-state index contributed by atoms with van der Waals surface area (Å²) in [6, 6.07) is 3.63. The molecular formula is C11H14N4O. The molecule has 16 heavy (non-hydrogen) atoms. The summed E-state index contributed by atoms with van der Waals surface area (Å²) in [4.78, 5) is 17.6. The van der Waals surface area contributed by atoms with Crippen molar-refractivity contribution in [2.75, 3.05) is 14.1 Å². The van der Waals surface area contributed by atoms with Crippen molar-refractivity contribution in [1.82, 2.24) is 19.7 Å². The summed E-state index contributed by atoms with van der Waals surface area (Å²) in [6.07, 6.45) is 0. The van der Waals surface area contributed by atoms with Gasteiger partial charge < -0.3 is 4.90 Å². The quantitative estimate of drug-likeness (QED) is 0.717. The number of rotatable bonds is 1. The Morgan fingerprint density at radius 2 is 2.06 bits per heavy atom. The first-order valence-electron chi connectivity index (χ1n) is 5.02. The van der Waals surface area contributed by atoms with Crippen molar-refractivity contribution in [2.45, 2.75) is 6.92 Å². The van der Waals surface area contributed by atoms with Crippen LogP contribution in [-0.4, -0.2) is 39.7 Å². The lowest BCUT2D eigenvalue weighted by Gasteiger charge is -2.09. The molecule has 0 saturated heterocycles. The van der Waals surface area contributed by atoms with Crippen LogP contribution in [0.2, 0.25) is 0 Å². The molecule has 0 saturated carbocycles. The van der Waals surface area contributed by atoms with E-state index in [1.807, 2.05) is 20.0 Å². The first-order chi connectivity index (χ1) is 7.50. The molecule has 2 heterocycles. The molecule has 0 aliphatic carbocycles. The minimum Gasteiger partial charge on any atom is -0.343 e. The van der Waals surface area contributed by atoms with Crippen LogP contribution in [0.25, 0.3) is 11.0 Å². The molecule has 2 aromatic heterocycles. The molecule has 5 heteroatoms. The van der Waals surface area contributed by atoms with Gasteiger partial charge in [-0.25, -0.2) is 4.98 Å². The van der Waals surface area contributed by atoms with Crippen molar-refractivity contribution in [3.05, 3.63) is 23.5 Å². The van der Waals surface area contributed by atoms with Gasteiger partial charge in [0.2, 0.25) is 0 Å². The smallest absolute Gasteiger partial charge is 0.272 e. The Bertz CT molecular complexity index is 556. The van der Waals surface area contributed by atoms with E-state index in [2.05, 4.69) is 10.1 Å². The van der Waals surface area contributed by atoms with Gasteiger partial charge in [0.1, 0.15) is 5.69 Å². The van der Waals surface area contributed by atoms with Crippen LogP contribution >= 0.6 is 0 Å². The molecule has 2 aromatic rings. The molecular weight excluding hydrogens is 204 g/mol. The maximum atomic E-state index is 11.7. The predicted octanol–water partition coefficient (Wildman–Crippen LogP) is 0.979. The van der Waals surface area contributed by atoms with E-state index in [9.17, 15) is 4.79 Å². The molecule has 84 valence electrons. The normalized spacial score (nSPS) is 10.8. The molecule has 0 fully saturated rings. The lowest BCUT2D eigenvalue weighted by atomic mass is 10.2. The van der Waals surface area contributed by atoms with Gasteiger partial charge in [0.25, 0.3) is 5.91 Å². The van der Waals surface area contributed by atoms with E-state index in [0.717, 1.165) is 16.7 Å². The van der Waals surface area contributed by atoms with Crippen LogP contribution in [0.1, 0.15) is 16.2 Å². The van der Waals surface area contributed by atoms with Crippen LogP contribution in [0, 0.1) is 6.92 Å². The van der Waals surface area contributed by atoms with Crippen LogP contribution in [0.4, 0.5) is 0 Å². The molecule has 0 atom stereocenters. The van der Waals surface area contributed by atoms with Crippen LogP contribution in [0.3, 0.4) is 0 Å². The van der Waals surface area contributed by atoms with E-state index >= 15 is 0 Å². The Morgan fingerprint density at radius 1 is 1.38 bits per heavy atom. The van der Waals surface area contributed by atoms with Crippen LogP contribution < -0.4 is 0 Å². The molecule has 5 nitrogen and oxygen atoms in total. The zero-order valence-corrected chi connectivity index (χ0v) is 9.85. The first kappa shape index (κ1) is 10.6. The molecule has 0 aliphatic rings. The number of carbonyl (C=O) groups excluding carboxylic acids is 1. The summed E-state index contributed by atoms with van der Waals surface area (Å²) in [5.41, 5.74) is 2.11. The fourth-order valence-electron chi connectivity index (χ4n) is 1.65. The fraction of sp³-hybridized carbons (Fsp3) is 0.364. The van der Waals surface area contributed by atoms with Crippen LogP contribution in [-0.2, 0) is 7.05 Å². The number of hydrogen-bond acceptors (Lipinski definition) is 3. The van der Waals surface area contributed by atoms with E-state index in [1.54, 1.807) is 24.8 Å². The highest BCUT2D eigenvalue weighted by atomic mass is 16.2. The largest absolute Gasteiger partial charge is 0.343 e. The van der Waals surface area contributed by atoms with Gasteiger partial charge in [-0.1, -0.05) is 0 Å². The van der Waals surface area contributed by atoms with Gasteiger partial charge in [-0.2, -0.15) is 5.10 Å². The second-order valence-electron chi connectivity index (χ2n) is 3.98. The Labute approximate surface area is 93.7 Å². The lowest BCUT2D eigenvalue weighted by Crippen LogP contribution is -2.22. The highest BCUT2D eigenvalue weighted by molar-refractivity contribution is 5.94. The second-order valence-corrected chi connectivity index (χ2v) is 3.98. The summed E-state index contributed by atoms with van der Waals surface area (Å²) in [7, 11) is 5.25. The summed E-state index contributed by atoms with van der Waals surface area (Å²) in [5.74, 6) is -0.0965. The minimum atomic E-state index is -0.0965. The van der Waals surface area contributed by atoms with Crippen molar-refractivity contribution in [2.24, 2.45) is 7.05 Å². The maximum Gasteiger partial charge on any atom is 0.272 e. The minimum absolute atomic E-state index is 0.0965. The summed E-state index contributed by atoms with van der Waals surface area (Å²) < 4.78 is 1.69. The van der Waals surface area contributed by atoms with E-state index < -0.39 is 0 Å². The Kier molecular flexibility index (Phi) is 2.38. The standard InChI is InChI=1S/C11H14N4O/c1-7-8-5-6-9(11(16)14(2)3)12-10(8)15(4)13-7/h5-6H,1-4H3. The van der Waals surface area contributed by atoms with E-state index in [1.165, 1.54) is 4.90 Å². The van der Waals surface area contributed by atoms with Crippen molar-refractivity contribution in [1.29, 1.82) is 0 Å². The number of hydrogen-bond donors (Lipinski definition) is 0. The summed E-state index contributed by atoms with van der Waals surface area (Å²) in [6.45, 7) is 1.93. The average Bonchev–Trinajstić information content (AvgIpc) is 2.53. The number of nitrogens with zero attached hydrogens (tertiary/aromatic N) is 4. The van der Waals surface area contributed by atoms with Crippen molar-refractivity contribution in [3.8, 4) is 0 Å². The number of pyridine rings is 1. The van der Waals surface area contributed by atoms with Gasteiger partial charge in [-0.15, -0.1) is 0 Å². The molecule has 0 aromatic carbocycles. The number of aryl methyl sites for hydroxylation is 2. The van der Waals surface area contributed by atoms with Crippen molar-refractivity contribution in [3.63, 3.8) is 0 Å². The average molecular weight is 218 g/mol.